The fourth-order valence-corrected chi connectivity index (χ4v) is 1.30. The van der Waals surface area contributed by atoms with Gasteiger partial charge in [-0.3, -0.25) is 0 Å². The van der Waals surface area contributed by atoms with Gasteiger partial charge < -0.3 is 0 Å². The van der Waals surface area contributed by atoms with E-state index in [1.807, 2.05) is 13.0 Å². The van der Waals surface area contributed by atoms with E-state index in [-0.39, 0.29) is 0 Å². The Balaban J connectivity index is 2.82. The second-order valence-corrected chi connectivity index (χ2v) is 2.84. The van der Waals surface area contributed by atoms with Crippen LogP contribution in [-0.4, -0.2) is 0 Å². The third-order valence-corrected chi connectivity index (χ3v) is 1.92. The van der Waals surface area contributed by atoms with Crippen molar-refractivity contribution in [2.75, 3.05) is 0 Å². The molecule has 0 aromatic heterocycles. The highest BCUT2D eigenvalue weighted by molar-refractivity contribution is 5.63. The van der Waals surface area contributed by atoms with E-state index >= 15 is 0 Å². The van der Waals surface area contributed by atoms with Crippen LogP contribution in [0.4, 0.5) is 0 Å². The van der Waals surface area contributed by atoms with E-state index in [4.69, 9.17) is 0 Å². The van der Waals surface area contributed by atoms with E-state index in [9.17, 15) is 0 Å². The smallest absolute Gasteiger partial charge is 0.0222 e. The van der Waals surface area contributed by atoms with Crippen LogP contribution < -0.4 is 0 Å². The molecule has 1 radical (unpaired) electrons. The van der Waals surface area contributed by atoms with Gasteiger partial charge in [-0.15, -0.1) is 0 Å². The van der Waals surface area contributed by atoms with Gasteiger partial charge in [0, 0.05) is 0 Å². The first-order chi connectivity index (χ1) is 5.88. The van der Waals surface area contributed by atoms with Crippen LogP contribution in [0.1, 0.15) is 32.3 Å². The Morgan fingerprint density at radius 3 is 2.42 bits per heavy atom. The number of hydrogen-bond donors (Lipinski definition) is 0. The predicted molar refractivity (Wildman–Crippen MR) is 53.7 cm³/mol. The van der Waals surface area contributed by atoms with E-state index in [2.05, 4.69) is 37.3 Å². The topological polar surface area (TPSA) is 0 Å². The minimum Gasteiger partial charge on any atom is -0.0651 e. The maximum absolute atomic E-state index is 3.24. The lowest BCUT2D eigenvalue weighted by Gasteiger charge is -2.03. The Labute approximate surface area is 74.9 Å². The second-order valence-electron chi connectivity index (χ2n) is 2.84. The molecule has 63 valence electrons. The molecule has 0 heterocycles. The number of benzene rings is 1. The Morgan fingerprint density at radius 2 is 1.92 bits per heavy atom. The number of hydrogen-bond acceptors (Lipinski definition) is 0. The lowest BCUT2D eigenvalue weighted by atomic mass is 10.0. The molecule has 0 N–H and O–H groups in total. The van der Waals surface area contributed by atoms with Crippen molar-refractivity contribution in [3.05, 3.63) is 42.0 Å². The van der Waals surface area contributed by atoms with Crippen LogP contribution in [0.25, 0.3) is 5.57 Å². The van der Waals surface area contributed by atoms with Gasteiger partial charge in [0.15, 0.2) is 0 Å². The fraction of sp³-hybridized carbons (Fsp3) is 0.333. The third kappa shape index (κ3) is 2.23. The van der Waals surface area contributed by atoms with Crippen molar-refractivity contribution in [1.82, 2.24) is 0 Å². The maximum atomic E-state index is 3.24. The van der Waals surface area contributed by atoms with Crippen molar-refractivity contribution < 1.29 is 0 Å². The summed E-state index contributed by atoms with van der Waals surface area (Å²) in [6, 6.07) is 10.5. The van der Waals surface area contributed by atoms with Crippen LogP contribution in [0, 0.1) is 6.08 Å². The molecule has 0 bridgehead atoms. The van der Waals surface area contributed by atoms with Crippen molar-refractivity contribution in [3.63, 3.8) is 0 Å². The van der Waals surface area contributed by atoms with Gasteiger partial charge >= 0.3 is 0 Å². The van der Waals surface area contributed by atoms with Gasteiger partial charge in [0.05, 0.1) is 0 Å². The van der Waals surface area contributed by atoms with Crippen LogP contribution >= 0.6 is 0 Å². The molecule has 0 saturated carbocycles. The molecule has 0 aliphatic carbocycles. The van der Waals surface area contributed by atoms with Crippen molar-refractivity contribution >= 4 is 5.57 Å². The zero-order valence-electron chi connectivity index (χ0n) is 7.80. The predicted octanol–water partition coefficient (Wildman–Crippen LogP) is 3.69. The summed E-state index contributed by atoms with van der Waals surface area (Å²) in [4.78, 5) is 0. The average molecular weight is 159 g/mol. The van der Waals surface area contributed by atoms with Gasteiger partial charge in [0.2, 0.25) is 0 Å². The molecular formula is C12H15. The Bertz CT molecular complexity index is 244. The van der Waals surface area contributed by atoms with Crippen LogP contribution in [0.5, 0.6) is 0 Å². The summed E-state index contributed by atoms with van der Waals surface area (Å²) in [5.74, 6) is 0. The molecular weight excluding hydrogens is 144 g/mol. The van der Waals surface area contributed by atoms with Crippen LogP contribution in [0.3, 0.4) is 0 Å². The number of rotatable bonds is 3. The lowest BCUT2D eigenvalue weighted by Crippen LogP contribution is -1.82. The third-order valence-electron chi connectivity index (χ3n) is 1.92. The molecule has 0 amide bonds. The van der Waals surface area contributed by atoms with Crippen LogP contribution in [0.2, 0.25) is 0 Å². The molecule has 1 rings (SSSR count). The molecule has 0 heteroatoms. The highest BCUT2D eigenvalue weighted by Gasteiger charge is 1.96. The average Bonchev–Trinajstić information content (AvgIpc) is 2.15. The largest absolute Gasteiger partial charge is 0.0651 e. The summed E-state index contributed by atoms with van der Waals surface area (Å²) in [7, 11) is 0. The van der Waals surface area contributed by atoms with Gasteiger partial charge in [-0.2, -0.15) is 0 Å². The minimum absolute atomic E-state index is 1.13. The van der Waals surface area contributed by atoms with Crippen molar-refractivity contribution in [3.8, 4) is 0 Å². The summed E-state index contributed by atoms with van der Waals surface area (Å²) >= 11 is 0. The monoisotopic (exact) mass is 159 g/mol. The summed E-state index contributed by atoms with van der Waals surface area (Å²) in [6.45, 7) is 4.18. The fourth-order valence-electron chi connectivity index (χ4n) is 1.30. The lowest BCUT2D eigenvalue weighted by molar-refractivity contribution is 0.970. The molecule has 0 unspecified atom stereocenters. The normalized spacial score (nSPS) is 11.7. The van der Waals surface area contributed by atoms with Crippen molar-refractivity contribution in [1.29, 1.82) is 0 Å². The zero-order chi connectivity index (χ0) is 8.81. The summed E-state index contributed by atoms with van der Waals surface area (Å²) in [5, 5.41) is 0. The van der Waals surface area contributed by atoms with E-state index in [0.29, 0.717) is 0 Å². The summed E-state index contributed by atoms with van der Waals surface area (Å²) in [5.41, 5.74) is 2.64. The molecule has 1 aromatic carbocycles. The molecule has 0 saturated heterocycles. The molecule has 12 heavy (non-hydrogen) atoms. The Kier molecular flexibility index (Phi) is 3.59. The van der Waals surface area contributed by atoms with Crippen molar-refractivity contribution in [2.45, 2.75) is 26.7 Å². The first-order valence-electron chi connectivity index (χ1n) is 4.47. The molecule has 0 nitrogen and oxygen atoms in total. The first kappa shape index (κ1) is 9.05. The first-order valence-corrected chi connectivity index (χ1v) is 4.47. The zero-order valence-corrected chi connectivity index (χ0v) is 7.80. The minimum atomic E-state index is 1.13. The molecule has 0 spiro atoms. The van der Waals surface area contributed by atoms with Gasteiger partial charge in [-0.05, 0) is 30.6 Å². The van der Waals surface area contributed by atoms with Gasteiger partial charge in [0.25, 0.3) is 0 Å². The van der Waals surface area contributed by atoms with Crippen molar-refractivity contribution in [2.24, 2.45) is 0 Å². The van der Waals surface area contributed by atoms with Gasteiger partial charge in [0.1, 0.15) is 0 Å². The number of allylic oxidation sites excluding steroid dienone is 2. The quantitative estimate of drug-likeness (QED) is 0.631. The Morgan fingerprint density at radius 1 is 1.25 bits per heavy atom. The molecule has 0 aliphatic heterocycles. The molecule has 0 fully saturated rings. The maximum Gasteiger partial charge on any atom is -0.0222 e. The molecule has 1 aromatic rings. The SMILES string of the molecule is C[C]=C(CCC)c1ccccc1. The van der Waals surface area contributed by atoms with Crippen LogP contribution in [0.15, 0.2) is 30.3 Å². The highest BCUT2D eigenvalue weighted by Crippen LogP contribution is 2.18. The molecule has 0 atom stereocenters. The summed E-state index contributed by atoms with van der Waals surface area (Å²) in [6.07, 6.45) is 5.55. The highest BCUT2D eigenvalue weighted by atomic mass is 14.0. The van der Waals surface area contributed by atoms with E-state index in [1.165, 1.54) is 17.6 Å². The van der Waals surface area contributed by atoms with E-state index in [1.54, 1.807) is 0 Å². The molecule has 0 aliphatic rings. The Hall–Kier alpha value is -1.04. The van der Waals surface area contributed by atoms with E-state index in [0.717, 1.165) is 6.42 Å². The van der Waals surface area contributed by atoms with Crippen LogP contribution in [-0.2, 0) is 0 Å². The van der Waals surface area contributed by atoms with Gasteiger partial charge in [-0.1, -0.05) is 43.7 Å². The summed E-state index contributed by atoms with van der Waals surface area (Å²) < 4.78 is 0. The second kappa shape index (κ2) is 4.76. The standard InChI is InChI=1S/C12H15/c1-3-8-11(4-2)12-9-6-5-7-10-12/h5-7,9-10H,3,8H2,1-2H3. The van der Waals surface area contributed by atoms with Gasteiger partial charge in [-0.25, -0.2) is 0 Å². The van der Waals surface area contributed by atoms with E-state index < -0.39 is 0 Å².